The summed E-state index contributed by atoms with van der Waals surface area (Å²) in [7, 11) is 0.485. The maximum absolute atomic E-state index is 11.9. The van der Waals surface area contributed by atoms with E-state index in [1.165, 1.54) is 11.8 Å². The van der Waals surface area contributed by atoms with Crippen LogP contribution in [0.2, 0.25) is 6.32 Å². The zero-order valence-corrected chi connectivity index (χ0v) is 13.8. The Morgan fingerprint density at radius 2 is 1.95 bits per heavy atom. The molecule has 114 valence electrons. The molecule has 0 saturated heterocycles. The van der Waals surface area contributed by atoms with Crippen molar-refractivity contribution in [1.82, 2.24) is 0 Å². The molecule has 0 atom stereocenters. The van der Waals surface area contributed by atoms with Crippen LogP contribution in [0.1, 0.15) is 23.7 Å². The third-order valence-electron chi connectivity index (χ3n) is 3.00. The molecule has 22 heavy (non-hydrogen) atoms. The van der Waals surface area contributed by atoms with Crippen LogP contribution in [0.25, 0.3) is 0 Å². The Balaban J connectivity index is 2.19. The van der Waals surface area contributed by atoms with Gasteiger partial charge in [-0.15, -0.1) is 0 Å². The number of carbonyl (C=O) groups is 2. The summed E-state index contributed by atoms with van der Waals surface area (Å²) in [6.45, 7) is 5.68. The quantitative estimate of drug-likeness (QED) is 0.299. The topological polar surface area (TPSA) is 34.1 Å². The molecule has 2 nitrogen and oxygen atoms in total. The van der Waals surface area contributed by atoms with Gasteiger partial charge in [0.05, 0.1) is 0 Å². The lowest BCUT2D eigenvalue weighted by Gasteiger charge is -2.01. The largest absolute Gasteiger partial charge is 0.306 e. The van der Waals surface area contributed by atoms with E-state index in [1.807, 2.05) is 55.5 Å². The Labute approximate surface area is 137 Å². The molecule has 0 N–H and O–H groups in total. The molecule has 0 spiro atoms. The summed E-state index contributed by atoms with van der Waals surface area (Å²) in [6.07, 6.45) is 8.94. The average Bonchev–Trinajstić information content (AvgIpc) is 2.55. The summed E-state index contributed by atoms with van der Waals surface area (Å²) in [5.41, 5.74) is 1.33. The van der Waals surface area contributed by atoms with Crippen LogP contribution in [0.4, 0.5) is 0 Å². The number of benzene rings is 1. The van der Waals surface area contributed by atoms with E-state index in [1.54, 1.807) is 6.08 Å². The summed E-state index contributed by atoms with van der Waals surface area (Å²) in [6, 6.07) is 9.25. The summed E-state index contributed by atoms with van der Waals surface area (Å²) < 4.78 is 0. The second-order valence-electron chi connectivity index (χ2n) is 4.79. The number of hydrogen-bond donors (Lipinski definition) is 0. The highest BCUT2D eigenvalue weighted by Crippen LogP contribution is 2.14. The molecular weight excluding hydrogens is 291 g/mol. The molecule has 0 saturated carbocycles. The van der Waals surface area contributed by atoms with Crippen molar-refractivity contribution in [1.29, 1.82) is 0 Å². The minimum atomic E-state index is 0.0696. The molecule has 0 fully saturated rings. The van der Waals surface area contributed by atoms with Crippen LogP contribution in [-0.2, 0) is 4.79 Å². The van der Waals surface area contributed by atoms with E-state index in [0.29, 0.717) is 12.9 Å². The molecule has 0 radical (unpaired) electrons. The highest BCUT2D eigenvalue weighted by molar-refractivity contribution is 8.14. The second-order valence-corrected chi connectivity index (χ2v) is 5.86. The molecule has 4 heteroatoms. The van der Waals surface area contributed by atoms with E-state index in [0.717, 1.165) is 24.1 Å². The van der Waals surface area contributed by atoms with Crippen molar-refractivity contribution < 1.29 is 9.59 Å². The lowest BCUT2D eigenvalue weighted by molar-refractivity contribution is -0.108. The minimum Gasteiger partial charge on any atom is -0.306 e. The van der Waals surface area contributed by atoms with Crippen LogP contribution < -0.4 is 0 Å². The van der Waals surface area contributed by atoms with Crippen molar-refractivity contribution in [2.75, 3.05) is 5.75 Å². The first-order valence-electron chi connectivity index (χ1n) is 7.38. The maximum atomic E-state index is 11.9. The normalized spacial score (nSPS) is 11.0. The van der Waals surface area contributed by atoms with Gasteiger partial charge in [-0.25, -0.2) is 0 Å². The molecule has 0 aliphatic heterocycles. The first kappa shape index (κ1) is 18.2. The molecule has 0 unspecified atom stereocenters. The van der Waals surface area contributed by atoms with Crippen LogP contribution >= 0.6 is 11.8 Å². The molecule has 0 aromatic heterocycles. The Kier molecular flexibility index (Phi) is 9.00. The number of thioether (sulfide) groups is 1. The SMILES string of the molecule is C=C(/C=C\C=C/C)C(=O)BCCCSC(=O)c1ccccc1. The van der Waals surface area contributed by atoms with Gasteiger partial charge in [0.25, 0.3) is 0 Å². The van der Waals surface area contributed by atoms with E-state index in [9.17, 15) is 9.59 Å². The van der Waals surface area contributed by atoms with Crippen molar-refractivity contribution in [3.63, 3.8) is 0 Å². The van der Waals surface area contributed by atoms with Gasteiger partial charge >= 0.3 is 0 Å². The Morgan fingerprint density at radius 3 is 2.64 bits per heavy atom. The van der Waals surface area contributed by atoms with Gasteiger partial charge in [-0.1, -0.05) is 85.7 Å². The van der Waals surface area contributed by atoms with Gasteiger partial charge in [0.15, 0.2) is 0 Å². The van der Waals surface area contributed by atoms with Gasteiger partial charge in [-0.2, -0.15) is 0 Å². The van der Waals surface area contributed by atoms with E-state index in [4.69, 9.17) is 0 Å². The first-order valence-corrected chi connectivity index (χ1v) is 8.37. The van der Waals surface area contributed by atoms with Crippen LogP contribution in [0.3, 0.4) is 0 Å². The van der Waals surface area contributed by atoms with Gasteiger partial charge in [0.2, 0.25) is 12.4 Å². The molecule has 0 bridgehead atoms. The van der Waals surface area contributed by atoms with Crippen molar-refractivity contribution in [3.05, 3.63) is 72.4 Å². The van der Waals surface area contributed by atoms with Gasteiger partial charge in [-0.05, 0) is 12.5 Å². The lowest BCUT2D eigenvalue weighted by atomic mass is 9.66. The Bertz CT molecular complexity index is 562. The molecule has 0 amide bonds. The van der Waals surface area contributed by atoms with Crippen molar-refractivity contribution in [2.45, 2.75) is 19.7 Å². The van der Waals surface area contributed by atoms with E-state index in [-0.39, 0.29) is 10.8 Å². The summed E-state index contributed by atoms with van der Waals surface area (Å²) in [4.78, 5) is 23.7. The fourth-order valence-electron chi connectivity index (χ4n) is 1.75. The third kappa shape index (κ3) is 7.27. The maximum Gasteiger partial charge on any atom is 0.219 e. The van der Waals surface area contributed by atoms with Crippen LogP contribution in [0.5, 0.6) is 0 Å². The molecule has 0 heterocycles. The minimum absolute atomic E-state index is 0.0696. The number of carbonyl (C=O) groups excluding carboxylic acids is 2. The highest BCUT2D eigenvalue weighted by atomic mass is 32.2. The number of hydrogen-bond acceptors (Lipinski definition) is 3. The average molecular weight is 312 g/mol. The van der Waals surface area contributed by atoms with Gasteiger partial charge < -0.3 is 4.79 Å². The van der Waals surface area contributed by atoms with E-state index in [2.05, 4.69) is 6.58 Å². The van der Waals surface area contributed by atoms with Crippen molar-refractivity contribution >= 4 is 29.8 Å². The smallest absolute Gasteiger partial charge is 0.219 e. The first-order chi connectivity index (χ1) is 10.6. The zero-order valence-electron chi connectivity index (χ0n) is 13.0. The lowest BCUT2D eigenvalue weighted by Crippen LogP contribution is -2.10. The van der Waals surface area contributed by atoms with Crippen LogP contribution in [0.15, 0.2) is 66.8 Å². The Morgan fingerprint density at radius 1 is 1.23 bits per heavy atom. The van der Waals surface area contributed by atoms with Crippen LogP contribution in [-0.4, -0.2) is 23.8 Å². The van der Waals surface area contributed by atoms with Crippen molar-refractivity contribution in [3.8, 4) is 0 Å². The summed E-state index contributed by atoms with van der Waals surface area (Å²) >= 11 is 1.31. The van der Waals surface area contributed by atoms with Gasteiger partial charge in [-0.3, -0.25) is 4.79 Å². The third-order valence-corrected chi connectivity index (χ3v) is 3.99. The Hall–Kier alpha value is -1.81. The molecule has 1 aromatic rings. The zero-order chi connectivity index (χ0) is 16.2. The van der Waals surface area contributed by atoms with E-state index < -0.39 is 0 Å². The van der Waals surface area contributed by atoms with Crippen LogP contribution in [0, 0.1) is 0 Å². The number of allylic oxidation sites excluding steroid dienone is 5. The van der Waals surface area contributed by atoms with Gasteiger partial charge in [0, 0.05) is 11.3 Å². The molecule has 1 rings (SSSR count). The number of rotatable bonds is 9. The fourth-order valence-corrected chi connectivity index (χ4v) is 2.58. The molecular formula is C18H21BO2S. The molecule has 1 aromatic carbocycles. The monoisotopic (exact) mass is 312 g/mol. The fraction of sp³-hybridized carbons (Fsp3) is 0.222. The molecule has 0 aliphatic carbocycles. The second kappa shape index (κ2) is 10.9. The highest BCUT2D eigenvalue weighted by Gasteiger charge is 2.08. The predicted molar refractivity (Wildman–Crippen MR) is 97.9 cm³/mol. The summed E-state index contributed by atoms with van der Waals surface area (Å²) in [5.74, 6) is 0.738. The standard InChI is InChI=1S/C18H21BO2S/c1-3-4-6-10-15(2)17(20)19-13-9-14-22-18(21)16-11-7-5-8-12-16/h3-8,10-12,19H,2,9,13-14H2,1H3/b4-3-,10-6-. The predicted octanol–water partition coefficient (Wildman–Crippen LogP) is 4.02. The van der Waals surface area contributed by atoms with Gasteiger partial charge in [0.1, 0.15) is 5.68 Å². The molecule has 0 aliphatic rings. The van der Waals surface area contributed by atoms with Crippen molar-refractivity contribution in [2.24, 2.45) is 0 Å². The summed E-state index contributed by atoms with van der Waals surface area (Å²) in [5, 5.41) is 0.0885. The van der Waals surface area contributed by atoms with E-state index >= 15 is 0 Å².